The molecule has 28 heavy (non-hydrogen) atoms. The first kappa shape index (κ1) is 17.2. The number of nitrogens with zero attached hydrogens (tertiary/aromatic N) is 6. The van der Waals surface area contributed by atoms with Gasteiger partial charge in [-0.1, -0.05) is 12.1 Å². The van der Waals surface area contributed by atoms with Crippen LogP contribution in [0.15, 0.2) is 45.7 Å². The van der Waals surface area contributed by atoms with Gasteiger partial charge in [0.2, 0.25) is 0 Å². The molecule has 2 aliphatic rings. The molecule has 2 aromatic heterocycles. The number of hydrogen-bond acceptors (Lipinski definition) is 6. The fraction of sp³-hybridized carbons (Fsp3) is 0.316. The minimum atomic E-state index is -3.59. The molecule has 5 rings (SSSR count). The molecule has 0 atom stereocenters. The standard InChI is InChI=1S/C19H20N6O2S/c1-13-14(2)25-17(20-13)7-8-18(21-25)23-9-11-24(12-10-23)19-15-5-3-4-6-16(15)28(26,27)22-19/h3-8H,9-12H2,1-2H3. The zero-order valence-electron chi connectivity index (χ0n) is 15.7. The van der Waals surface area contributed by atoms with Crippen LogP contribution in [0.2, 0.25) is 0 Å². The lowest BCUT2D eigenvalue weighted by Gasteiger charge is -2.36. The number of piperazine rings is 1. The van der Waals surface area contributed by atoms with E-state index in [1.807, 2.05) is 47.5 Å². The molecule has 2 aliphatic heterocycles. The highest BCUT2D eigenvalue weighted by Gasteiger charge is 2.33. The van der Waals surface area contributed by atoms with Crippen LogP contribution in [0, 0.1) is 13.8 Å². The zero-order chi connectivity index (χ0) is 19.5. The Morgan fingerprint density at radius 1 is 0.929 bits per heavy atom. The van der Waals surface area contributed by atoms with Crippen LogP contribution in [0.1, 0.15) is 17.0 Å². The molecule has 0 bridgehead atoms. The van der Waals surface area contributed by atoms with E-state index in [-0.39, 0.29) is 0 Å². The molecule has 3 aromatic rings. The van der Waals surface area contributed by atoms with Crippen molar-refractivity contribution in [2.24, 2.45) is 4.40 Å². The second kappa shape index (κ2) is 6.03. The van der Waals surface area contributed by atoms with Crippen LogP contribution < -0.4 is 4.90 Å². The third kappa shape index (κ3) is 2.57. The van der Waals surface area contributed by atoms with Crippen LogP contribution in [-0.2, 0) is 10.0 Å². The van der Waals surface area contributed by atoms with E-state index in [4.69, 9.17) is 5.10 Å². The Hall–Kier alpha value is -2.94. The highest BCUT2D eigenvalue weighted by molar-refractivity contribution is 7.90. The van der Waals surface area contributed by atoms with Crippen molar-refractivity contribution < 1.29 is 8.42 Å². The van der Waals surface area contributed by atoms with Crippen molar-refractivity contribution >= 4 is 27.3 Å². The van der Waals surface area contributed by atoms with Crippen molar-refractivity contribution in [3.63, 3.8) is 0 Å². The van der Waals surface area contributed by atoms with E-state index in [1.54, 1.807) is 12.1 Å². The molecule has 0 amide bonds. The first-order valence-electron chi connectivity index (χ1n) is 9.21. The Morgan fingerprint density at radius 3 is 2.43 bits per heavy atom. The van der Waals surface area contributed by atoms with Gasteiger partial charge in [0.25, 0.3) is 10.0 Å². The second-order valence-electron chi connectivity index (χ2n) is 7.10. The molecule has 0 N–H and O–H groups in total. The predicted octanol–water partition coefficient (Wildman–Crippen LogP) is 1.62. The van der Waals surface area contributed by atoms with Gasteiger partial charge >= 0.3 is 0 Å². The van der Waals surface area contributed by atoms with Gasteiger partial charge < -0.3 is 9.80 Å². The summed E-state index contributed by atoms with van der Waals surface area (Å²) < 4.78 is 30.5. The fourth-order valence-corrected chi connectivity index (χ4v) is 5.00. The van der Waals surface area contributed by atoms with E-state index < -0.39 is 10.0 Å². The van der Waals surface area contributed by atoms with Gasteiger partial charge in [-0.2, -0.15) is 8.42 Å². The van der Waals surface area contributed by atoms with Gasteiger partial charge in [0.05, 0.1) is 11.4 Å². The maximum Gasteiger partial charge on any atom is 0.285 e. The lowest BCUT2D eigenvalue weighted by atomic mass is 10.1. The van der Waals surface area contributed by atoms with Crippen molar-refractivity contribution in [2.45, 2.75) is 18.7 Å². The molecule has 8 nitrogen and oxygen atoms in total. The van der Waals surface area contributed by atoms with Crippen molar-refractivity contribution in [2.75, 3.05) is 31.1 Å². The average molecular weight is 396 g/mol. The van der Waals surface area contributed by atoms with Gasteiger partial charge in [-0.25, -0.2) is 9.50 Å². The second-order valence-corrected chi connectivity index (χ2v) is 8.68. The summed E-state index contributed by atoms with van der Waals surface area (Å²) in [5.74, 6) is 1.45. The Kier molecular flexibility index (Phi) is 3.70. The molecule has 0 unspecified atom stereocenters. The smallest absolute Gasteiger partial charge is 0.285 e. The number of anilines is 1. The molecule has 4 heterocycles. The van der Waals surface area contributed by atoms with Gasteiger partial charge in [0.1, 0.15) is 10.7 Å². The normalized spacial score (nSPS) is 18.4. The van der Waals surface area contributed by atoms with E-state index in [1.165, 1.54) is 0 Å². The van der Waals surface area contributed by atoms with Crippen LogP contribution in [0.5, 0.6) is 0 Å². The summed E-state index contributed by atoms with van der Waals surface area (Å²) in [7, 11) is -3.59. The molecule has 1 fully saturated rings. The maximum absolute atomic E-state index is 12.3. The average Bonchev–Trinajstić information content (AvgIpc) is 3.15. The predicted molar refractivity (Wildman–Crippen MR) is 106 cm³/mol. The summed E-state index contributed by atoms with van der Waals surface area (Å²) in [6.07, 6.45) is 0. The van der Waals surface area contributed by atoms with Crippen molar-refractivity contribution in [3.8, 4) is 0 Å². The third-order valence-corrected chi connectivity index (χ3v) is 6.77. The molecular formula is C19H20N6O2S. The minimum absolute atomic E-state index is 0.297. The summed E-state index contributed by atoms with van der Waals surface area (Å²) in [5, 5.41) is 4.74. The van der Waals surface area contributed by atoms with E-state index in [2.05, 4.69) is 14.3 Å². The number of sulfonamides is 1. The number of aryl methyl sites for hydroxylation is 2. The van der Waals surface area contributed by atoms with Crippen molar-refractivity contribution in [1.29, 1.82) is 0 Å². The van der Waals surface area contributed by atoms with Gasteiger partial charge in [0.15, 0.2) is 11.5 Å². The van der Waals surface area contributed by atoms with E-state index >= 15 is 0 Å². The molecule has 144 valence electrons. The number of amidine groups is 1. The summed E-state index contributed by atoms with van der Waals surface area (Å²) in [6.45, 7) is 6.85. The van der Waals surface area contributed by atoms with Crippen molar-refractivity contribution in [1.82, 2.24) is 19.5 Å². The van der Waals surface area contributed by atoms with E-state index in [0.717, 1.165) is 35.9 Å². The summed E-state index contributed by atoms with van der Waals surface area (Å²) in [5.41, 5.74) is 3.56. The molecule has 0 radical (unpaired) electrons. The molecule has 1 aromatic carbocycles. The summed E-state index contributed by atoms with van der Waals surface area (Å²) in [4.78, 5) is 9.05. The van der Waals surface area contributed by atoms with Gasteiger partial charge in [-0.3, -0.25) is 0 Å². The fourth-order valence-electron chi connectivity index (χ4n) is 3.78. The van der Waals surface area contributed by atoms with Crippen LogP contribution in [0.3, 0.4) is 0 Å². The van der Waals surface area contributed by atoms with Crippen LogP contribution in [0.25, 0.3) is 5.65 Å². The lowest BCUT2D eigenvalue weighted by Crippen LogP contribution is -2.49. The largest absolute Gasteiger partial charge is 0.352 e. The Balaban J connectivity index is 1.38. The highest BCUT2D eigenvalue weighted by atomic mass is 32.2. The molecule has 1 saturated heterocycles. The zero-order valence-corrected chi connectivity index (χ0v) is 16.5. The number of rotatable bonds is 1. The number of fused-ring (bicyclic) bond motifs is 2. The summed E-state index contributed by atoms with van der Waals surface area (Å²) >= 11 is 0. The monoisotopic (exact) mass is 396 g/mol. The molecule has 0 saturated carbocycles. The topological polar surface area (TPSA) is 83.2 Å². The number of hydrogen-bond donors (Lipinski definition) is 0. The Morgan fingerprint density at radius 2 is 1.64 bits per heavy atom. The lowest BCUT2D eigenvalue weighted by molar-refractivity contribution is 0.385. The van der Waals surface area contributed by atoms with E-state index in [9.17, 15) is 8.42 Å². The molecule has 0 spiro atoms. The number of benzene rings is 1. The Bertz CT molecular complexity index is 1220. The first-order valence-corrected chi connectivity index (χ1v) is 10.7. The summed E-state index contributed by atoms with van der Waals surface area (Å²) in [6, 6.07) is 11.0. The van der Waals surface area contributed by atoms with Crippen LogP contribution >= 0.6 is 0 Å². The first-order chi connectivity index (χ1) is 13.4. The third-order valence-electron chi connectivity index (χ3n) is 5.44. The van der Waals surface area contributed by atoms with E-state index in [0.29, 0.717) is 29.4 Å². The minimum Gasteiger partial charge on any atom is -0.352 e. The molecular weight excluding hydrogens is 376 g/mol. The SMILES string of the molecule is Cc1nc2ccc(N3CCN(C4=NS(=O)(=O)c5ccccc54)CC3)nn2c1C. The highest BCUT2D eigenvalue weighted by Crippen LogP contribution is 2.28. The molecule has 0 aliphatic carbocycles. The molecule has 9 heteroatoms. The van der Waals surface area contributed by atoms with Crippen molar-refractivity contribution in [3.05, 3.63) is 53.3 Å². The number of imidazole rings is 1. The van der Waals surface area contributed by atoms with Gasteiger partial charge in [-0.15, -0.1) is 9.50 Å². The van der Waals surface area contributed by atoms with Crippen LogP contribution in [0.4, 0.5) is 5.82 Å². The Labute approximate surface area is 163 Å². The number of aromatic nitrogens is 3. The van der Waals surface area contributed by atoms with Gasteiger partial charge in [0, 0.05) is 31.7 Å². The van der Waals surface area contributed by atoms with Crippen LogP contribution in [-0.4, -0.2) is 59.9 Å². The van der Waals surface area contributed by atoms with Gasteiger partial charge in [-0.05, 0) is 38.1 Å². The maximum atomic E-state index is 12.3. The quantitative estimate of drug-likeness (QED) is 0.622.